The lowest BCUT2D eigenvalue weighted by molar-refractivity contribution is -0.151. The van der Waals surface area contributed by atoms with Gasteiger partial charge in [-0.15, -0.1) is 0 Å². The van der Waals surface area contributed by atoms with Crippen LogP contribution in [0.25, 0.3) is 10.9 Å². The van der Waals surface area contributed by atoms with Crippen molar-refractivity contribution in [1.29, 1.82) is 0 Å². The van der Waals surface area contributed by atoms with Crippen LogP contribution in [0.5, 0.6) is 0 Å². The summed E-state index contributed by atoms with van der Waals surface area (Å²) in [5.74, 6) is -2.86. The SMILES string of the molecule is CC(C)OC(=O)C(Cc1ccccc1)NC(=O)C(Cc1cn(C=O)c2ccccc12)NC(=O)C(CCC(N)=O)NC(=O)OC(C)(C)C. The molecule has 13 heteroatoms. The molecule has 4 amide bonds. The second-order valence-corrected chi connectivity index (χ2v) is 12.4. The summed E-state index contributed by atoms with van der Waals surface area (Å²) in [4.78, 5) is 76.8. The molecule has 0 fully saturated rings. The van der Waals surface area contributed by atoms with Crippen LogP contribution in [0.4, 0.5) is 4.79 Å². The molecule has 0 saturated carbocycles. The third kappa shape index (κ3) is 11.3. The number of hydrogen-bond donors (Lipinski definition) is 4. The zero-order valence-corrected chi connectivity index (χ0v) is 27.3. The Morgan fingerprint density at radius 1 is 0.851 bits per heavy atom. The number of alkyl carbamates (subject to hydrolysis) is 1. The molecular weight excluding hydrogens is 606 g/mol. The molecule has 0 spiro atoms. The number of nitrogens with zero attached hydrogens (tertiary/aromatic N) is 1. The molecule has 47 heavy (non-hydrogen) atoms. The van der Waals surface area contributed by atoms with Gasteiger partial charge in [0, 0.05) is 30.8 Å². The lowest BCUT2D eigenvalue weighted by atomic mass is 10.0. The first-order valence-corrected chi connectivity index (χ1v) is 15.3. The summed E-state index contributed by atoms with van der Waals surface area (Å²) in [6.45, 7) is 8.33. The van der Waals surface area contributed by atoms with Crippen molar-refractivity contribution in [3.63, 3.8) is 0 Å². The van der Waals surface area contributed by atoms with Crippen LogP contribution >= 0.6 is 0 Å². The fourth-order valence-corrected chi connectivity index (χ4v) is 4.86. The fraction of sp³-hybridized carbons (Fsp3) is 0.412. The van der Waals surface area contributed by atoms with Gasteiger partial charge >= 0.3 is 12.1 Å². The lowest BCUT2D eigenvalue weighted by Gasteiger charge is -2.26. The zero-order valence-electron chi connectivity index (χ0n) is 27.3. The molecule has 252 valence electrons. The summed E-state index contributed by atoms with van der Waals surface area (Å²) in [5.41, 5.74) is 6.37. The van der Waals surface area contributed by atoms with E-state index in [9.17, 15) is 28.8 Å². The summed E-state index contributed by atoms with van der Waals surface area (Å²) in [5, 5.41) is 8.54. The quantitative estimate of drug-likeness (QED) is 0.143. The van der Waals surface area contributed by atoms with Crippen LogP contribution < -0.4 is 21.7 Å². The number of amides is 4. The Balaban J connectivity index is 1.97. The predicted octanol–water partition coefficient (Wildman–Crippen LogP) is 2.54. The van der Waals surface area contributed by atoms with Crippen molar-refractivity contribution in [3.8, 4) is 0 Å². The van der Waals surface area contributed by atoms with Crippen molar-refractivity contribution in [2.75, 3.05) is 0 Å². The highest BCUT2D eigenvalue weighted by Gasteiger charge is 2.32. The molecule has 1 aromatic heterocycles. The van der Waals surface area contributed by atoms with Gasteiger partial charge in [-0.1, -0.05) is 48.5 Å². The number of carbonyl (C=O) groups is 6. The first-order chi connectivity index (χ1) is 22.2. The number of hydrogen-bond acceptors (Lipinski definition) is 8. The van der Waals surface area contributed by atoms with Gasteiger partial charge < -0.3 is 31.2 Å². The summed E-state index contributed by atoms with van der Waals surface area (Å²) >= 11 is 0. The smallest absolute Gasteiger partial charge is 0.408 e. The largest absolute Gasteiger partial charge is 0.461 e. The van der Waals surface area contributed by atoms with Gasteiger partial charge in [0.15, 0.2) is 0 Å². The number of nitrogens with two attached hydrogens (primary N) is 1. The van der Waals surface area contributed by atoms with E-state index in [-0.39, 0.29) is 25.7 Å². The normalized spacial score (nSPS) is 13.2. The Morgan fingerprint density at radius 2 is 1.47 bits per heavy atom. The van der Waals surface area contributed by atoms with E-state index in [2.05, 4.69) is 16.0 Å². The van der Waals surface area contributed by atoms with Crippen molar-refractivity contribution >= 4 is 47.1 Å². The number of rotatable bonds is 15. The number of ether oxygens (including phenoxy) is 2. The van der Waals surface area contributed by atoms with E-state index < -0.39 is 59.6 Å². The Morgan fingerprint density at radius 3 is 2.09 bits per heavy atom. The average molecular weight is 650 g/mol. The standard InChI is InChI=1S/C34H43N5O8/c1-21(2)46-32(44)27(17-22-11-7-6-8-12-22)37-31(43)26(18-23-19-39(20-40)28-14-10-9-13-24(23)28)36-30(42)25(15-16-29(35)41)38-33(45)47-34(3,4)5/h6-14,19-21,25-27H,15-18H2,1-5H3,(H2,35,41)(H,36,42)(H,37,43)(H,38,45). The molecule has 1 heterocycles. The minimum absolute atomic E-state index is 0.0921. The van der Waals surface area contributed by atoms with Crippen molar-refractivity contribution in [3.05, 3.63) is 71.9 Å². The number of nitrogens with one attached hydrogen (secondary N) is 3. The van der Waals surface area contributed by atoms with E-state index >= 15 is 0 Å². The first kappa shape index (κ1) is 36.3. The van der Waals surface area contributed by atoms with Crippen LogP contribution in [0.2, 0.25) is 0 Å². The third-order valence-electron chi connectivity index (χ3n) is 6.92. The summed E-state index contributed by atoms with van der Waals surface area (Å²) in [7, 11) is 0. The summed E-state index contributed by atoms with van der Waals surface area (Å²) < 4.78 is 12.1. The van der Waals surface area contributed by atoms with Crippen LogP contribution in [-0.4, -0.2) is 70.6 Å². The van der Waals surface area contributed by atoms with Gasteiger partial charge in [0.2, 0.25) is 24.1 Å². The van der Waals surface area contributed by atoms with Crippen LogP contribution in [0.15, 0.2) is 60.8 Å². The highest BCUT2D eigenvalue weighted by Crippen LogP contribution is 2.22. The van der Waals surface area contributed by atoms with Crippen molar-refractivity contribution < 1.29 is 38.2 Å². The van der Waals surface area contributed by atoms with E-state index in [1.54, 1.807) is 89.3 Å². The minimum atomic E-state index is -1.30. The van der Waals surface area contributed by atoms with E-state index in [1.165, 1.54) is 4.57 Å². The molecule has 0 aliphatic heterocycles. The van der Waals surface area contributed by atoms with Gasteiger partial charge in [-0.3, -0.25) is 23.7 Å². The number of benzene rings is 2. The van der Waals surface area contributed by atoms with Gasteiger partial charge in [0.05, 0.1) is 11.6 Å². The monoisotopic (exact) mass is 649 g/mol. The number of carbonyl (C=O) groups excluding carboxylic acids is 6. The molecule has 0 radical (unpaired) electrons. The van der Waals surface area contributed by atoms with Gasteiger partial charge in [0.25, 0.3) is 0 Å². The molecule has 3 atom stereocenters. The van der Waals surface area contributed by atoms with Gasteiger partial charge in [0.1, 0.15) is 23.7 Å². The van der Waals surface area contributed by atoms with Gasteiger partial charge in [-0.2, -0.15) is 0 Å². The van der Waals surface area contributed by atoms with E-state index in [0.29, 0.717) is 22.9 Å². The lowest BCUT2D eigenvalue weighted by Crippen LogP contribution is -2.57. The van der Waals surface area contributed by atoms with E-state index in [4.69, 9.17) is 15.2 Å². The molecule has 0 aliphatic carbocycles. The van der Waals surface area contributed by atoms with Crippen molar-refractivity contribution in [2.24, 2.45) is 5.73 Å². The molecule has 0 bridgehead atoms. The first-order valence-electron chi connectivity index (χ1n) is 15.3. The fourth-order valence-electron chi connectivity index (χ4n) is 4.86. The number of aromatic nitrogens is 1. The van der Waals surface area contributed by atoms with Gasteiger partial charge in [-0.25, -0.2) is 9.59 Å². The summed E-state index contributed by atoms with van der Waals surface area (Å²) in [6.07, 6.45) is 0.443. The zero-order chi connectivity index (χ0) is 34.7. The highest BCUT2D eigenvalue weighted by molar-refractivity contribution is 5.95. The molecule has 13 nitrogen and oxygen atoms in total. The second-order valence-electron chi connectivity index (χ2n) is 12.4. The van der Waals surface area contributed by atoms with Crippen molar-refractivity contribution in [1.82, 2.24) is 20.5 Å². The highest BCUT2D eigenvalue weighted by atomic mass is 16.6. The van der Waals surface area contributed by atoms with Gasteiger partial charge in [-0.05, 0) is 58.2 Å². The van der Waals surface area contributed by atoms with E-state index in [1.807, 2.05) is 6.07 Å². The molecular formula is C34H43N5O8. The minimum Gasteiger partial charge on any atom is -0.461 e. The average Bonchev–Trinajstić information content (AvgIpc) is 3.35. The molecule has 0 aliphatic rings. The number of para-hydroxylation sites is 1. The number of fused-ring (bicyclic) bond motifs is 1. The maximum Gasteiger partial charge on any atom is 0.408 e. The molecule has 3 unspecified atom stereocenters. The Kier molecular flexibility index (Phi) is 12.6. The Bertz CT molecular complexity index is 1580. The number of primary amides is 1. The van der Waals surface area contributed by atoms with Crippen LogP contribution in [-0.2, 0) is 46.3 Å². The third-order valence-corrected chi connectivity index (χ3v) is 6.92. The molecule has 3 aromatic rings. The Hall–Kier alpha value is -5.20. The van der Waals surface area contributed by atoms with E-state index in [0.717, 1.165) is 5.56 Å². The maximum absolute atomic E-state index is 14.0. The maximum atomic E-state index is 14.0. The predicted molar refractivity (Wildman–Crippen MR) is 175 cm³/mol. The molecule has 2 aromatic carbocycles. The number of esters is 1. The molecule has 0 saturated heterocycles. The van der Waals surface area contributed by atoms with Crippen LogP contribution in [0.3, 0.4) is 0 Å². The molecule has 5 N–H and O–H groups in total. The van der Waals surface area contributed by atoms with Crippen LogP contribution in [0, 0.1) is 0 Å². The second kappa shape index (κ2) is 16.4. The van der Waals surface area contributed by atoms with Crippen LogP contribution in [0.1, 0.15) is 58.6 Å². The summed E-state index contributed by atoms with van der Waals surface area (Å²) in [6, 6.07) is 12.4. The topological polar surface area (TPSA) is 188 Å². The molecule has 3 rings (SSSR count). The Labute approximate surface area is 273 Å². The van der Waals surface area contributed by atoms with Crippen molar-refractivity contribution in [2.45, 2.75) is 90.1 Å².